The normalized spacial score (nSPS) is 10.9. The molecule has 0 unspecified atom stereocenters. The molecule has 68 valence electrons. The molecule has 2 heterocycles. The van der Waals surface area contributed by atoms with Crippen LogP contribution >= 0.6 is 0 Å². The highest BCUT2D eigenvalue weighted by atomic mass is 16.3. The molecule has 0 saturated heterocycles. The molecule has 2 aromatic rings. The molecular formula is C9H11N3O. The van der Waals surface area contributed by atoms with Crippen molar-refractivity contribution in [1.82, 2.24) is 14.8 Å². The molecule has 0 saturated carbocycles. The molecule has 0 atom stereocenters. The molecular weight excluding hydrogens is 166 g/mol. The molecule has 0 bridgehead atoms. The Bertz CT molecular complexity index is 422. The summed E-state index contributed by atoms with van der Waals surface area (Å²) in [6.45, 7) is 0.126. The van der Waals surface area contributed by atoms with E-state index in [2.05, 4.69) is 10.1 Å². The Morgan fingerprint density at radius 2 is 2.38 bits per heavy atom. The van der Waals surface area contributed by atoms with Crippen LogP contribution in [0.1, 0.15) is 5.69 Å². The summed E-state index contributed by atoms with van der Waals surface area (Å²) in [6.07, 6.45) is 4.11. The number of pyridine rings is 1. The van der Waals surface area contributed by atoms with Crippen molar-refractivity contribution in [1.29, 1.82) is 0 Å². The van der Waals surface area contributed by atoms with Crippen LogP contribution in [0.25, 0.3) is 10.9 Å². The molecule has 13 heavy (non-hydrogen) atoms. The van der Waals surface area contributed by atoms with Crippen molar-refractivity contribution < 1.29 is 5.11 Å². The lowest BCUT2D eigenvalue weighted by molar-refractivity contribution is 0.298. The van der Waals surface area contributed by atoms with Gasteiger partial charge in [-0.25, -0.2) is 0 Å². The van der Waals surface area contributed by atoms with Gasteiger partial charge in [0.15, 0.2) is 0 Å². The van der Waals surface area contributed by atoms with Gasteiger partial charge in [0, 0.05) is 37.9 Å². The molecule has 0 aliphatic rings. The Kier molecular flexibility index (Phi) is 1.98. The van der Waals surface area contributed by atoms with E-state index in [1.165, 1.54) is 0 Å². The van der Waals surface area contributed by atoms with Crippen molar-refractivity contribution >= 4 is 10.9 Å². The Balaban J connectivity index is 2.63. The fourth-order valence-corrected chi connectivity index (χ4v) is 1.47. The third-order valence-corrected chi connectivity index (χ3v) is 2.08. The second-order valence-corrected chi connectivity index (χ2v) is 2.94. The van der Waals surface area contributed by atoms with Gasteiger partial charge >= 0.3 is 0 Å². The average Bonchev–Trinajstić information content (AvgIpc) is 2.46. The summed E-state index contributed by atoms with van der Waals surface area (Å²) >= 11 is 0. The van der Waals surface area contributed by atoms with E-state index >= 15 is 0 Å². The number of aliphatic hydroxyl groups is 1. The van der Waals surface area contributed by atoms with Gasteiger partial charge in [0.25, 0.3) is 0 Å². The van der Waals surface area contributed by atoms with Gasteiger partial charge in [0.05, 0.1) is 11.2 Å². The Morgan fingerprint density at radius 1 is 1.54 bits per heavy atom. The van der Waals surface area contributed by atoms with Crippen LogP contribution < -0.4 is 0 Å². The summed E-state index contributed by atoms with van der Waals surface area (Å²) in [4.78, 5) is 4.03. The van der Waals surface area contributed by atoms with Crippen LogP contribution in [-0.2, 0) is 13.5 Å². The summed E-state index contributed by atoms with van der Waals surface area (Å²) in [5.41, 5.74) is 1.96. The van der Waals surface area contributed by atoms with Crippen LogP contribution in [0.5, 0.6) is 0 Å². The van der Waals surface area contributed by atoms with E-state index in [4.69, 9.17) is 5.11 Å². The van der Waals surface area contributed by atoms with E-state index in [-0.39, 0.29) is 6.61 Å². The number of nitrogens with zero attached hydrogens (tertiary/aromatic N) is 3. The number of aliphatic hydroxyl groups excluding tert-OH is 1. The molecule has 0 aliphatic heterocycles. The monoisotopic (exact) mass is 177 g/mol. The smallest absolute Gasteiger partial charge is 0.0741 e. The van der Waals surface area contributed by atoms with Gasteiger partial charge in [-0.15, -0.1) is 0 Å². The maximum absolute atomic E-state index is 8.82. The quantitative estimate of drug-likeness (QED) is 0.726. The SMILES string of the molecule is Cn1nc(CCO)c2cnccc21. The molecule has 0 radical (unpaired) electrons. The van der Waals surface area contributed by atoms with Gasteiger partial charge in [0.1, 0.15) is 0 Å². The second kappa shape index (κ2) is 3.14. The highest BCUT2D eigenvalue weighted by Gasteiger charge is 2.06. The van der Waals surface area contributed by atoms with Crippen molar-refractivity contribution in [3.8, 4) is 0 Å². The van der Waals surface area contributed by atoms with Gasteiger partial charge in [0.2, 0.25) is 0 Å². The highest BCUT2D eigenvalue weighted by molar-refractivity contribution is 5.80. The molecule has 4 nitrogen and oxygen atoms in total. The van der Waals surface area contributed by atoms with Crippen LogP contribution in [0.2, 0.25) is 0 Å². The van der Waals surface area contributed by atoms with Crippen molar-refractivity contribution in [2.45, 2.75) is 6.42 Å². The lowest BCUT2D eigenvalue weighted by atomic mass is 10.2. The average molecular weight is 177 g/mol. The minimum Gasteiger partial charge on any atom is -0.396 e. The lowest BCUT2D eigenvalue weighted by Gasteiger charge is -1.90. The zero-order valence-electron chi connectivity index (χ0n) is 7.44. The Morgan fingerprint density at radius 3 is 3.15 bits per heavy atom. The summed E-state index contributed by atoms with van der Waals surface area (Å²) in [6, 6.07) is 1.92. The predicted molar refractivity (Wildman–Crippen MR) is 49.3 cm³/mol. The number of aryl methyl sites for hydroxylation is 1. The van der Waals surface area contributed by atoms with E-state index in [9.17, 15) is 0 Å². The standard InChI is InChI=1S/C9H11N3O/c1-12-9-2-4-10-6-7(9)8(11-12)3-5-13/h2,4,6,13H,3,5H2,1H3. The first kappa shape index (κ1) is 8.19. The highest BCUT2D eigenvalue weighted by Crippen LogP contribution is 2.15. The third-order valence-electron chi connectivity index (χ3n) is 2.08. The number of fused-ring (bicyclic) bond motifs is 1. The summed E-state index contributed by atoms with van der Waals surface area (Å²) < 4.78 is 1.81. The molecule has 0 aliphatic carbocycles. The van der Waals surface area contributed by atoms with Gasteiger partial charge < -0.3 is 5.11 Å². The third kappa shape index (κ3) is 1.29. The summed E-state index contributed by atoms with van der Waals surface area (Å²) in [5.74, 6) is 0. The molecule has 0 aromatic carbocycles. The summed E-state index contributed by atoms with van der Waals surface area (Å²) in [5, 5.41) is 14.1. The first-order valence-corrected chi connectivity index (χ1v) is 4.19. The van der Waals surface area contributed by atoms with Crippen LogP contribution in [0.15, 0.2) is 18.5 Å². The Labute approximate surface area is 75.8 Å². The molecule has 4 heteroatoms. The van der Waals surface area contributed by atoms with Gasteiger partial charge in [-0.3, -0.25) is 9.67 Å². The lowest BCUT2D eigenvalue weighted by Crippen LogP contribution is -1.94. The largest absolute Gasteiger partial charge is 0.396 e. The van der Waals surface area contributed by atoms with Gasteiger partial charge in [-0.1, -0.05) is 0 Å². The first-order chi connectivity index (χ1) is 6.33. The zero-order valence-corrected chi connectivity index (χ0v) is 7.44. The number of hydrogen-bond donors (Lipinski definition) is 1. The number of hydrogen-bond acceptors (Lipinski definition) is 3. The fraction of sp³-hybridized carbons (Fsp3) is 0.333. The summed E-state index contributed by atoms with van der Waals surface area (Å²) in [7, 11) is 1.89. The second-order valence-electron chi connectivity index (χ2n) is 2.94. The van der Waals surface area contributed by atoms with E-state index in [0.29, 0.717) is 6.42 Å². The van der Waals surface area contributed by atoms with E-state index < -0.39 is 0 Å². The van der Waals surface area contributed by atoms with E-state index in [1.807, 2.05) is 17.8 Å². The molecule has 2 aromatic heterocycles. The van der Waals surface area contributed by atoms with Crippen molar-refractivity contribution in [3.05, 3.63) is 24.2 Å². The van der Waals surface area contributed by atoms with Crippen molar-refractivity contribution in [2.75, 3.05) is 6.61 Å². The van der Waals surface area contributed by atoms with Crippen LogP contribution in [-0.4, -0.2) is 26.5 Å². The molecule has 0 fully saturated rings. The maximum atomic E-state index is 8.82. The molecule has 1 N–H and O–H groups in total. The molecule has 0 amide bonds. The van der Waals surface area contributed by atoms with E-state index in [1.54, 1.807) is 12.4 Å². The van der Waals surface area contributed by atoms with Crippen LogP contribution in [0.4, 0.5) is 0 Å². The predicted octanol–water partition coefficient (Wildman–Crippen LogP) is 0.503. The van der Waals surface area contributed by atoms with E-state index in [0.717, 1.165) is 16.6 Å². The number of rotatable bonds is 2. The maximum Gasteiger partial charge on any atom is 0.0741 e. The van der Waals surface area contributed by atoms with Gasteiger partial charge in [-0.2, -0.15) is 5.10 Å². The topological polar surface area (TPSA) is 50.9 Å². The van der Waals surface area contributed by atoms with Crippen molar-refractivity contribution in [2.24, 2.45) is 7.05 Å². The van der Waals surface area contributed by atoms with Gasteiger partial charge in [-0.05, 0) is 6.07 Å². The van der Waals surface area contributed by atoms with Crippen LogP contribution in [0, 0.1) is 0 Å². The zero-order chi connectivity index (χ0) is 9.26. The Hall–Kier alpha value is -1.42. The molecule has 2 rings (SSSR count). The minimum absolute atomic E-state index is 0.126. The fourth-order valence-electron chi connectivity index (χ4n) is 1.47. The number of aromatic nitrogens is 3. The minimum atomic E-state index is 0.126. The van der Waals surface area contributed by atoms with Crippen LogP contribution in [0.3, 0.4) is 0 Å². The first-order valence-electron chi connectivity index (χ1n) is 4.19. The van der Waals surface area contributed by atoms with Crippen molar-refractivity contribution in [3.63, 3.8) is 0 Å². The molecule has 0 spiro atoms.